The standard InChI is InChI=1S/C26H26N2O5/c1-4-32-17-10-8-16(9-11-17)26-28-22(19-6-5-7-24(31-3)25(19)33-26)15-21(27-28)20-14-18(30-2)12-13-23(20)29/h5-14,22,26,29H,4,15H2,1-3H3/t22-,26+/m1/s1. The number of hydrogen-bond donors (Lipinski definition) is 1. The highest BCUT2D eigenvalue weighted by atomic mass is 16.5. The van der Waals surface area contributed by atoms with Crippen molar-refractivity contribution in [2.75, 3.05) is 20.8 Å². The Balaban J connectivity index is 1.59. The van der Waals surface area contributed by atoms with Gasteiger partial charge in [0.25, 0.3) is 0 Å². The van der Waals surface area contributed by atoms with Crippen molar-refractivity contribution in [1.82, 2.24) is 5.01 Å². The van der Waals surface area contributed by atoms with E-state index in [1.807, 2.05) is 60.5 Å². The monoisotopic (exact) mass is 446 g/mol. The van der Waals surface area contributed by atoms with Crippen LogP contribution in [0.2, 0.25) is 0 Å². The van der Waals surface area contributed by atoms with Crippen LogP contribution >= 0.6 is 0 Å². The van der Waals surface area contributed by atoms with E-state index < -0.39 is 6.23 Å². The molecule has 7 heteroatoms. The minimum atomic E-state index is -0.459. The first-order chi connectivity index (χ1) is 16.1. The predicted octanol–water partition coefficient (Wildman–Crippen LogP) is 5.05. The van der Waals surface area contributed by atoms with Crippen molar-refractivity contribution in [2.24, 2.45) is 5.10 Å². The molecule has 0 aliphatic carbocycles. The highest BCUT2D eigenvalue weighted by Gasteiger charge is 2.42. The second kappa shape index (κ2) is 8.58. The first kappa shape index (κ1) is 21.0. The summed E-state index contributed by atoms with van der Waals surface area (Å²) in [5, 5.41) is 17.4. The summed E-state index contributed by atoms with van der Waals surface area (Å²) in [5.41, 5.74) is 3.36. The Labute approximate surface area is 192 Å². The number of rotatable bonds is 6. The van der Waals surface area contributed by atoms with Crippen LogP contribution < -0.4 is 18.9 Å². The molecule has 2 aliphatic heterocycles. The van der Waals surface area contributed by atoms with Gasteiger partial charge < -0.3 is 24.1 Å². The summed E-state index contributed by atoms with van der Waals surface area (Å²) in [7, 11) is 3.25. The minimum Gasteiger partial charge on any atom is -0.507 e. The van der Waals surface area contributed by atoms with Gasteiger partial charge in [-0.3, -0.25) is 0 Å². The Morgan fingerprint density at radius 2 is 1.82 bits per heavy atom. The molecule has 7 nitrogen and oxygen atoms in total. The molecule has 2 heterocycles. The summed E-state index contributed by atoms with van der Waals surface area (Å²) < 4.78 is 23.0. The van der Waals surface area contributed by atoms with E-state index in [2.05, 4.69) is 0 Å². The van der Waals surface area contributed by atoms with Gasteiger partial charge >= 0.3 is 0 Å². The van der Waals surface area contributed by atoms with E-state index >= 15 is 0 Å². The van der Waals surface area contributed by atoms with Gasteiger partial charge in [-0.1, -0.05) is 12.1 Å². The Bertz CT molecular complexity index is 1190. The average molecular weight is 447 g/mol. The number of phenolic OH excluding ortho intramolecular Hbond substituents is 1. The van der Waals surface area contributed by atoms with Crippen LogP contribution in [0.5, 0.6) is 28.7 Å². The molecule has 3 aromatic rings. The average Bonchev–Trinajstić information content (AvgIpc) is 3.30. The van der Waals surface area contributed by atoms with Crippen LogP contribution in [0.1, 0.15) is 42.3 Å². The third kappa shape index (κ3) is 3.69. The number of aromatic hydroxyl groups is 1. The first-order valence-corrected chi connectivity index (χ1v) is 10.9. The third-order valence-corrected chi connectivity index (χ3v) is 5.99. The second-order valence-corrected chi connectivity index (χ2v) is 7.88. The van der Waals surface area contributed by atoms with Crippen molar-refractivity contribution in [3.8, 4) is 28.7 Å². The van der Waals surface area contributed by atoms with Crippen LogP contribution in [0.4, 0.5) is 0 Å². The zero-order valence-corrected chi connectivity index (χ0v) is 18.8. The molecule has 0 spiro atoms. The zero-order valence-electron chi connectivity index (χ0n) is 18.8. The van der Waals surface area contributed by atoms with Gasteiger partial charge in [0.15, 0.2) is 11.5 Å². The molecule has 0 unspecified atom stereocenters. The predicted molar refractivity (Wildman–Crippen MR) is 124 cm³/mol. The van der Waals surface area contributed by atoms with Crippen LogP contribution in [0, 0.1) is 0 Å². The maximum absolute atomic E-state index is 10.5. The number of phenols is 1. The summed E-state index contributed by atoms with van der Waals surface area (Å²) in [4.78, 5) is 0. The van der Waals surface area contributed by atoms with Crippen molar-refractivity contribution in [1.29, 1.82) is 0 Å². The summed E-state index contributed by atoms with van der Waals surface area (Å²) >= 11 is 0. The molecule has 5 rings (SSSR count). The number of methoxy groups -OCH3 is 2. The number of ether oxygens (including phenoxy) is 4. The van der Waals surface area contributed by atoms with Crippen LogP contribution in [-0.2, 0) is 0 Å². The lowest BCUT2D eigenvalue weighted by Gasteiger charge is -2.38. The van der Waals surface area contributed by atoms with Crippen LogP contribution in [0.25, 0.3) is 0 Å². The van der Waals surface area contributed by atoms with Crippen LogP contribution in [0.15, 0.2) is 65.8 Å². The van der Waals surface area contributed by atoms with Gasteiger partial charge in [0.1, 0.15) is 17.2 Å². The van der Waals surface area contributed by atoms with Gasteiger partial charge in [-0.05, 0) is 55.5 Å². The lowest BCUT2D eigenvalue weighted by molar-refractivity contribution is -0.0209. The van der Waals surface area contributed by atoms with Crippen LogP contribution in [-0.4, -0.2) is 36.7 Å². The van der Waals surface area contributed by atoms with Crippen molar-refractivity contribution in [3.63, 3.8) is 0 Å². The Hall–Kier alpha value is -3.87. The van der Waals surface area contributed by atoms with E-state index in [1.165, 1.54) is 0 Å². The molecule has 0 aromatic heterocycles. The highest BCUT2D eigenvalue weighted by Crippen LogP contribution is 2.51. The molecule has 0 bridgehead atoms. The van der Waals surface area contributed by atoms with Crippen molar-refractivity contribution in [2.45, 2.75) is 25.6 Å². The third-order valence-electron chi connectivity index (χ3n) is 5.99. The fraction of sp³-hybridized carbons (Fsp3) is 0.269. The summed E-state index contributed by atoms with van der Waals surface area (Å²) in [6.45, 7) is 2.57. The van der Waals surface area contributed by atoms with Gasteiger partial charge in [0, 0.05) is 23.1 Å². The quantitative estimate of drug-likeness (QED) is 0.571. The number of para-hydroxylation sites is 1. The fourth-order valence-electron chi connectivity index (χ4n) is 4.40. The van der Waals surface area contributed by atoms with E-state index in [1.54, 1.807) is 26.4 Å². The maximum atomic E-state index is 10.5. The van der Waals surface area contributed by atoms with Crippen LogP contribution in [0.3, 0.4) is 0 Å². The largest absolute Gasteiger partial charge is 0.507 e. The number of hydrazone groups is 1. The molecule has 33 heavy (non-hydrogen) atoms. The summed E-state index contributed by atoms with van der Waals surface area (Å²) in [6.07, 6.45) is 0.150. The topological polar surface area (TPSA) is 72.8 Å². The van der Waals surface area contributed by atoms with E-state index in [4.69, 9.17) is 24.0 Å². The molecule has 0 radical (unpaired) electrons. The molecule has 0 amide bonds. The van der Waals surface area contributed by atoms with E-state index in [0.717, 1.165) is 22.6 Å². The normalized spacial score (nSPS) is 18.6. The molecule has 2 aliphatic rings. The van der Waals surface area contributed by atoms with Gasteiger partial charge in [0.05, 0.1) is 32.6 Å². The molecule has 0 saturated carbocycles. The molecule has 1 N–H and O–H groups in total. The van der Waals surface area contributed by atoms with Gasteiger partial charge in [-0.15, -0.1) is 0 Å². The van der Waals surface area contributed by atoms with E-state index in [9.17, 15) is 5.11 Å². The lowest BCUT2D eigenvalue weighted by Crippen LogP contribution is -2.33. The lowest BCUT2D eigenvalue weighted by atomic mass is 9.95. The Morgan fingerprint density at radius 3 is 2.55 bits per heavy atom. The number of fused-ring (bicyclic) bond motifs is 3. The molecule has 0 saturated heterocycles. The van der Waals surface area contributed by atoms with Gasteiger partial charge in [-0.25, -0.2) is 5.01 Å². The number of nitrogens with zero attached hydrogens (tertiary/aromatic N) is 2. The number of hydrogen-bond acceptors (Lipinski definition) is 7. The summed E-state index contributed by atoms with van der Waals surface area (Å²) in [5.74, 6) is 3.03. The van der Waals surface area contributed by atoms with Gasteiger partial charge in [0.2, 0.25) is 6.23 Å². The molecular formula is C26H26N2O5. The summed E-state index contributed by atoms with van der Waals surface area (Å²) in [6, 6.07) is 18.8. The van der Waals surface area contributed by atoms with Crippen molar-refractivity contribution in [3.05, 3.63) is 77.4 Å². The number of benzene rings is 3. The van der Waals surface area contributed by atoms with E-state index in [0.29, 0.717) is 35.8 Å². The Morgan fingerprint density at radius 1 is 1.03 bits per heavy atom. The highest BCUT2D eigenvalue weighted by molar-refractivity contribution is 6.04. The van der Waals surface area contributed by atoms with Gasteiger partial charge in [-0.2, -0.15) is 5.10 Å². The molecular weight excluding hydrogens is 420 g/mol. The molecule has 3 aromatic carbocycles. The molecule has 0 fully saturated rings. The molecule has 170 valence electrons. The molecule has 2 atom stereocenters. The second-order valence-electron chi connectivity index (χ2n) is 7.88. The smallest absolute Gasteiger partial charge is 0.214 e. The maximum Gasteiger partial charge on any atom is 0.214 e. The minimum absolute atomic E-state index is 0.0685. The Kier molecular flexibility index (Phi) is 5.46. The van der Waals surface area contributed by atoms with Crippen molar-refractivity contribution >= 4 is 5.71 Å². The van der Waals surface area contributed by atoms with E-state index in [-0.39, 0.29) is 11.8 Å². The zero-order chi connectivity index (χ0) is 22.9. The fourth-order valence-corrected chi connectivity index (χ4v) is 4.40. The SMILES string of the molecule is CCOc1ccc([C@@H]2Oc3c(OC)cccc3[C@H]3CC(c4cc(OC)ccc4O)=NN32)cc1. The van der Waals surface area contributed by atoms with Crippen molar-refractivity contribution < 1.29 is 24.1 Å². The first-order valence-electron chi connectivity index (χ1n) is 10.9.